The number of carbonyl (C=O) groups is 1. The van der Waals surface area contributed by atoms with E-state index in [9.17, 15) is 10.1 Å². The van der Waals surface area contributed by atoms with Crippen molar-refractivity contribution in [3.05, 3.63) is 63.6 Å². The number of halogens is 1. The van der Waals surface area contributed by atoms with Crippen LogP contribution in [0.1, 0.15) is 27.4 Å². The predicted octanol–water partition coefficient (Wildman–Crippen LogP) is 4.26. The van der Waals surface area contributed by atoms with Crippen molar-refractivity contribution in [3.63, 3.8) is 0 Å². The number of Topliss-reactive ketones (excluding diaryl/α,β-unsaturated/α-hetero) is 1. The third-order valence-electron chi connectivity index (χ3n) is 3.30. The van der Waals surface area contributed by atoms with Gasteiger partial charge in [0.25, 0.3) is 0 Å². The molecule has 1 unspecified atom stereocenters. The standard InChI is InChI=1S/C17H14BrNO2/c1-11-4-3-5-14(16(11)18)17(20)15(10-19)12-6-8-13(21-2)9-7-12/h3-9,15H,1-2H3. The third-order valence-corrected chi connectivity index (χ3v) is 4.35. The van der Waals surface area contributed by atoms with Crippen molar-refractivity contribution in [3.8, 4) is 11.8 Å². The Balaban J connectivity index is 2.39. The molecule has 0 saturated heterocycles. The van der Waals surface area contributed by atoms with Crippen molar-refractivity contribution in [2.24, 2.45) is 0 Å². The minimum absolute atomic E-state index is 0.210. The van der Waals surface area contributed by atoms with Crippen LogP contribution in [0.5, 0.6) is 5.75 Å². The van der Waals surface area contributed by atoms with Gasteiger partial charge in [0.1, 0.15) is 11.7 Å². The van der Waals surface area contributed by atoms with E-state index in [0.717, 1.165) is 10.0 Å². The molecule has 0 aromatic heterocycles. The lowest BCUT2D eigenvalue weighted by Crippen LogP contribution is -2.12. The van der Waals surface area contributed by atoms with Gasteiger partial charge in [-0.3, -0.25) is 4.79 Å². The van der Waals surface area contributed by atoms with E-state index in [1.807, 2.05) is 19.1 Å². The molecule has 4 heteroatoms. The monoisotopic (exact) mass is 343 g/mol. The highest BCUT2D eigenvalue weighted by Gasteiger charge is 2.23. The van der Waals surface area contributed by atoms with Gasteiger partial charge in [-0.15, -0.1) is 0 Å². The molecule has 0 aliphatic rings. The van der Waals surface area contributed by atoms with Gasteiger partial charge < -0.3 is 4.74 Å². The summed E-state index contributed by atoms with van der Waals surface area (Å²) >= 11 is 3.42. The van der Waals surface area contributed by atoms with Gasteiger partial charge in [-0.1, -0.05) is 30.3 Å². The van der Waals surface area contributed by atoms with E-state index in [1.165, 1.54) is 0 Å². The molecule has 0 aliphatic heterocycles. The highest BCUT2D eigenvalue weighted by atomic mass is 79.9. The van der Waals surface area contributed by atoms with Gasteiger partial charge in [-0.25, -0.2) is 0 Å². The van der Waals surface area contributed by atoms with Crippen molar-refractivity contribution in [2.45, 2.75) is 12.8 Å². The topological polar surface area (TPSA) is 50.1 Å². The molecule has 2 aromatic carbocycles. The normalized spacial score (nSPS) is 11.5. The Hall–Kier alpha value is -2.12. The van der Waals surface area contributed by atoms with Crippen LogP contribution in [0.2, 0.25) is 0 Å². The number of aryl methyl sites for hydroxylation is 1. The maximum atomic E-state index is 12.6. The van der Waals surface area contributed by atoms with E-state index in [0.29, 0.717) is 16.9 Å². The lowest BCUT2D eigenvalue weighted by atomic mass is 9.91. The largest absolute Gasteiger partial charge is 0.497 e. The Kier molecular flexibility index (Phi) is 4.77. The number of hydrogen-bond donors (Lipinski definition) is 0. The second-order valence-electron chi connectivity index (χ2n) is 4.64. The van der Waals surface area contributed by atoms with Crippen LogP contribution >= 0.6 is 15.9 Å². The van der Waals surface area contributed by atoms with Gasteiger partial charge in [0.2, 0.25) is 0 Å². The second kappa shape index (κ2) is 6.55. The summed E-state index contributed by atoms with van der Waals surface area (Å²) in [6, 6.07) is 14.5. The Labute approximate surface area is 132 Å². The number of carbonyl (C=O) groups excluding carboxylic acids is 1. The van der Waals surface area contributed by atoms with Crippen LogP contribution in [0.3, 0.4) is 0 Å². The Morgan fingerprint density at radius 3 is 2.48 bits per heavy atom. The molecule has 0 saturated carbocycles. The first kappa shape index (κ1) is 15.3. The van der Waals surface area contributed by atoms with Gasteiger partial charge in [-0.2, -0.15) is 5.26 Å². The molecule has 0 amide bonds. The number of benzene rings is 2. The summed E-state index contributed by atoms with van der Waals surface area (Å²) in [5.74, 6) is -0.341. The molecular weight excluding hydrogens is 330 g/mol. The van der Waals surface area contributed by atoms with Crippen molar-refractivity contribution < 1.29 is 9.53 Å². The number of ketones is 1. The maximum Gasteiger partial charge on any atom is 0.185 e. The van der Waals surface area contributed by atoms with Crippen molar-refractivity contribution in [1.82, 2.24) is 0 Å². The van der Waals surface area contributed by atoms with Gasteiger partial charge in [0, 0.05) is 10.0 Å². The first-order valence-corrected chi connectivity index (χ1v) is 7.20. The fourth-order valence-electron chi connectivity index (χ4n) is 2.07. The molecule has 106 valence electrons. The quantitative estimate of drug-likeness (QED) is 0.779. The first-order chi connectivity index (χ1) is 10.1. The highest BCUT2D eigenvalue weighted by molar-refractivity contribution is 9.10. The van der Waals surface area contributed by atoms with Crippen LogP contribution < -0.4 is 4.74 Å². The average molecular weight is 344 g/mol. The fourth-order valence-corrected chi connectivity index (χ4v) is 2.53. The molecule has 1 atom stereocenters. The summed E-state index contributed by atoms with van der Waals surface area (Å²) in [7, 11) is 1.58. The molecule has 0 aliphatic carbocycles. The molecule has 0 spiro atoms. The zero-order valence-electron chi connectivity index (χ0n) is 11.8. The molecule has 3 nitrogen and oxygen atoms in total. The number of rotatable bonds is 4. The summed E-state index contributed by atoms with van der Waals surface area (Å²) in [6.45, 7) is 1.91. The number of nitrogens with zero attached hydrogens (tertiary/aromatic N) is 1. The van der Waals surface area contributed by atoms with Gasteiger partial charge in [0.15, 0.2) is 5.78 Å². The van der Waals surface area contributed by atoms with Crippen molar-refractivity contribution in [2.75, 3.05) is 7.11 Å². The van der Waals surface area contributed by atoms with Crippen LogP contribution in [0, 0.1) is 18.3 Å². The van der Waals surface area contributed by atoms with Gasteiger partial charge in [-0.05, 0) is 46.1 Å². The minimum Gasteiger partial charge on any atom is -0.497 e. The molecule has 2 aromatic rings. The molecule has 2 rings (SSSR count). The molecule has 0 heterocycles. The van der Waals surface area contributed by atoms with Crippen molar-refractivity contribution >= 4 is 21.7 Å². The minimum atomic E-state index is -0.825. The average Bonchev–Trinajstić information content (AvgIpc) is 2.51. The molecule has 0 fully saturated rings. The van der Waals surface area contributed by atoms with E-state index < -0.39 is 5.92 Å². The summed E-state index contributed by atoms with van der Waals surface area (Å²) in [6.07, 6.45) is 0. The van der Waals surface area contributed by atoms with Gasteiger partial charge in [0.05, 0.1) is 13.2 Å². The number of methoxy groups -OCH3 is 1. The van der Waals surface area contributed by atoms with Crippen LogP contribution in [0.15, 0.2) is 46.9 Å². The molecular formula is C17H14BrNO2. The SMILES string of the molecule is COc1ccc(C(C#N)C(=O)c2cccc(C)c2Br)cc1. The van der Waals surface area contributed by atoms with E-state index in [1.54, 1.807) is 37.4 Å². The van der Waals surface area contributed by atoms with Crippen LogP contribution in [0.25, 0.3) is 0 Å². The number of nitriles is 1. The second-order valence-corrected chi connectivity index (χ2v) is 5.43. The summed E-state index contributed by atoms with van der Waals surface area (Å²) < 4.78 is 5.83. The highest BCUT2D eigenvalue weighted by Crippen LogP contribution is 2.28. The first-order valence-electron chi connectivity index (χ1n) is 6.41. The Bertz CT molecular complexity index is 702. The summed E-state index contributed by atoms with van der Waals surface area (Å²) in [5, 5.41) is 9.38. The van der Waals surface area contributed by atoms with Crippen LogP contribution in [-0.2, 0) is 0 Å². The molecule has 0 N–H and O–H groups in total. The molecule has 0 bridgehead atoms. The van der Waals surface area contributed by atoms with Crippen LogP contribution in [0.4, 0.5) is 0 Å². The van der Waals surface area contributed by atoms with Crippen LogP contribution in [-0.4, -0.2) is 12.9 Å². The molecule has 21 heavy (non-hydrogen) atoms. The number of ether oxygens (including phenoxy) is 1. The maximum absolute atomic E-state index is 12.6. The van der Waals surface area contributed by atoms with E-state index in [4.69, 9.17) is 4.74 Å². The third kappa shape index (κ3) is 3.14. The summed E-state index contributed by atoms with van der Waals surface area (Å²) in [4.78, 5) is 12.6. The zero-order chi connectivity index (χ0) is 15.4. The Morgan fingerprint density at radius 1 is 1.24 bits per heavy atom. The van der Waals surface area contributed by atoms with E-state index >= 15 is 0 Å². The fraction of sp³-hybridized carbons (Fsp3) is 0.176. The smallest absolute Gasteiger partial charge is 0.185 e. The zero-order valence-corrected chi connectivity index (χ0v) is 13.3. The lowest BCUT2D eigenvalue weighted by Gasteiger charge is -2.12. The predicted molar refractivity (Wildman–Crippen MR) is 84.6 cm³/mol. The Morgan fingerprint density at radius 2 is 1.90 bits per heavy atom. The van der Waals surface area contributed by atoms with Crippen molar-refractivity contribution in [1.29, 1.82) is 5.26 Å². The summed E-state index contributed by atoms with van der Waals surface area (Å²) in [5.41, 5.74) is 2.15. The lowest BCUT2D eigenvalue weighted by molar-refractivity contribution is 0.0978. The van der Waals surface area contributed by atoms with Gasteiger partial charge >= 0.3 is 0 Å². The number of hydrogen-bond acceptors (Lipinski definition) is 3. The van der Waals surface area contributed by atoms with E-state index in [2.05, 4.69) is 22.0 Å². The molecule has 0 radical (unpaired) electrons. The van der Waals surface area contributed by atoms with E-state index in [-0.39, 0.29) is 5.78 Å².